The smallest absolute Gasteiger partial charge is 0.307 e. The van der Waals surface area contributed by atoms with Gasteiger partial charge >= 0.3 is 5.97 Å². The molecule has 0 unspecified atom stereocenters. The Hall–Kier alpha value is -1.73. The Balaban J connectivity index is 1.91. The van der Waals surface area contributed by atoms with Crippen LogP contribution in [-0.4, -0.2) is 30.5 Å². The maximum Gasteiger partial charge on any atom is 0.307 e. The second kappa shape index (κ2) is 6.44. The van der Waals surface area contributed by atoms with E-state index >= 15 is 0 Å². The number of rotatable bonds is 5. The van der Waals surface area contributed by atoms with Crippen LogP contribution >= 0.6 is 22.7 Å². The number of aromatic nitrogens is 1. The monoisotopic (exact) mass is 296 g/mol. The largest absolute Gasteiger partial charge is 0.469 e. The van der Waals surface area contributed by atoms with Crippen LogP contribution in [0.15, 0.2) is 22.9 Å². The van der Waals surface area contributed by atoms with Crippen molar-refractivity contribution in [1.29, 1.82) is 0 Å². The lowest BCUT2D eigenvalue weighted by molar-refractivity contribution is -0.140. The van der Waals surface area contributed by atoms with Crippen molar-refractivity contribution in [3.05, 3.63) is 28.6 Å². The lowest BCUT2D eigenvalue weighted by atomic mass is 10.4. The van der Waals surface area contributed by atoms with Gasteiger partial charge in [-0.15, -0.1) is 22.7 Å². The Kier molecular flexibility index (Phi) is 4.64. The van der Waals surface area contributed by atoms with Crippen LogP contribution in [-0.2, 0) is 9.53 Å². The number of carbonyl (C=O) groups is 2. The number of methoxy groups -OCH3 is 1. The topological polar surface area (TPSA) is 68.3 Å². The van der Waals surface area contributed by atoms with Crippen molar-refractivity contribution in [2.75, 3.05) is 13.7 Å². The first-order valence-electron chi connectivity index (χ1n) is 5.55. The summed E-state index contributed by atoms with van der Waals surface area (Å²) in [6, 6.07) is 3.90. The molecule has 0 aliphatic carbocycles. The fourth-order valence-electron chi connectivity index (χ4n) is 1.36. The van der Waals surface area contributed by atoms with E-state index in [0.717, 1.165) is 9.88 Å². The van der Waals surface area contributed by atoms with Crippen LogP contribution in [0.3, 0.4) is 0 Å². The number of nitrogens with zero attached hydrogens (tertiary/aromatic N) is 1. The first kappa shape index (κ1) is 13.7. The van der Waals surface area contributed by atoms with E-state index in [9.17, 15) is 9.59 Å². The summed E-state index contributed by atoms with van der Waals surface area (Å²) in [4.78, 5) is 28.0. The van der Waals surface area contributed by atoms with Gasteiger partial charge < -0.3 is 10.1 Å². The Morgan fingerprint density at radius 2 is 2.26 bits per heavy atom. The third kappa shape index (κ3) is 3.62. The first-order valence-corrected chi connectivity index (χ1v) is 7.31. The van der Waals surface area contributed by atoms with Gasteiger partial charge in [0.1, 0.15) is 10.7 Å². The summed E-state index contributed by atoms with van der Waals surface area (Å²) in [5.41, 5.74) is 0.373. The van der Waals surface area contributed by atoms with Gasteiger partial charge in [0.15, 0.2) is 0 Å². The molecule has 0 atom stereocenters. The predicted octanol–water partition coefficient (Wildman–Crippen LogP) is 2.16. The van der Waals surface area contributed by atoms with Crippen molar-refractivity contribution in [2.45, 2.75) is 6.42 Å². The zero-order chi connectivity index (χ0) is 13.7. The molecule has 0 bridgehead atoms. The molecule has 0 aliphatic heterocycles. The number of thiazole rings is 1. The highest BCUT2D eigenvalue weighted by atomic mass is 32.1. The van der Waals surface area contributed by atoms with Crippen molar-refractivity contribution in [3.8, 4) is 9.88 Å². The Morgan fingerprint density at radius 3 is 2.95 bits per heavy atom. The molecule has 19 heavy (non-hydrogen) atoms. The molecule has 2 aromatic heterocycles. The number of carbonyl (C=O) groups excluding carboxylic acids is 2. The van der Waals surface area contributed by atoms with Gasteiger partial charge in [0.05, 0.1) is 18.4 Å². The molecule has 2 heterocycles. The van der Waals surface area contributed by atoms with E-state index in [0.29, 0.717) is 5.69 Å². The number of amides is 1. The van der Waals surface area contributed by atoms with Crippen molar-refractivity contribution >= 4 is 34.6 Å². The van der Waals surface area contributed by atoms with Gasteiger partial charge in [-0.3, -0.25) is 9.59 Å². The minimum Gasteiger partial charge on any atom is -0.469 e. The maximum absolute atomic E-state index is 11.8. The second-order valence-corrected chi connectivity index (χ2v) is 5.40. The summed E-state index contributed by atoms with van der Waals surface area (Å²) in [5, 5.41) is 7.13. The zero-order valence-corrected chi connectivity index (χ0v) is 11.8. The van der Waals surface area contributed by atoms with Gasteiger partial charge in [-0.05, 0) is 11.4 Å². The molecule has 5 nitrogen and oxygen atoms in total. The number of hydrogen-bond acceptors (Lipinski definition) is 6. The van der Waals surface area contributed by atoms with Crippen LogP contribution in [0.4, 0.5) is 0 Å². The number of nitrogens with one attached hydrogen (secondary N) is 1. The highest BCUT2D eigenvalue weighted by molar-refractivity contribution is 7.20. The number of ether oxygens (including phenoxy) is 1. The number of esters is 1. The summed E-state index contributed by atoms with van der Waals surface area (Å²) >= 11 is 3.01. The van der Waals surface area contributed by atoms with Crippen LogP contribution in [0.5, 0.6) is 0 Å². The second-order valence-electron chi connectivity index (χ2n) is 3.60. The molecule has 0 spiro atoms. The third-order valence-electron chi connectivity index (χ3n) is 2.31. The van der Waals surface area contributed by atoms with E-state index in [1.165, 1.54) is 18.4 Å². The SMILES string of the molecule is COC(=O)CCNC(=O)c1csc(-c2cccs2)n1. The van der Waals surface area contributed by atoms with Gasteiger partial charge in [0.2, 0.25) is 0 Å². The maximum atomic E-state index is 11.8. The number of hydrogen-bond donors (Lipinski definition) is 1. The average Bonchev–Trinajstić information content (AvgIpc) is 3.08. The molecule has 1 N–H and O–H groups in total. The van der Waals surface area contributed by atoms with Gasteiger partial charge in [-0.1, -0.05) is 6.07 Å². The summed E-state index contributed by atoms with van der Waals surface area (Å²) in [5.74, 6) is -0.624. The molecule has 100 valence electrons. The molecular weight excluding hydrogens is 284 g/mol. The molecule has 0 saturated carbocycles. The minimum atomic E-state index is -0.349. The Labute approximate surface area is 118 Å². The van der Waals surface area contributed by atoms with Crippen molar-refractivity contribution in [1.82, 2.24) is 10.3 Å². The van der Waals surface area contributed by atoms with Crippen LogP contribution in [0, 0.1) is 0 Å². The van der Waals surface area contributed by atoms with Crippen LogP contribution in [0.1, 0.15) is 16.9 Å². The molecule has 0 fully saturated rings. The zero-order valence-electron chi connectivity index (χ0n) is 10.2. The fourth-order valence-corrected chi connectivity index (χ4v) is 2.98. The third-order valence-corrected chi connectivity index (χ3v) is 4.19. The average molecular weight is 296 g/mol. The highest BCUT2D eigenvalue weighted by Gasteiger charge is 2.12. The lowest BCUT2D eigenvalue weighted by Gasteiger charge is -2.01. The summed E-state index contributed by atoms with van der Waals surface area (Å²) < 4.78 is 4.49. The van der Waals surface area contributed by atoms with E-state index < -0.39 is 0 Å². The van der Waals surface area contributed by atoms with E-state index in [4.69, 9.17) is 0 Å². The summed E-state index contributed by atoms with van der Waals surface area (Å²) in [7, 11) is 1.32. The van der Waals surface area contributed by atoms with Crippen molar-refractivity contribution in [3.63, 3.8) is 0 Å². The quantitative estimate of drug-likeness (QED) is 0.859. The van der Waals surface area contributed by atoms with Gasteiger partial charge in [0.25, 0.3) is 5.91 Å². The normalized spacial score (nSPS) is 10.2. The van der Waals surface area contributed by atoms with Crippen molar-refractivity contribution in [2.24, 2.45) is 0 Å². The molecular formula is C12H12N2O3S2. The van der Waals surface area contributed by atoms with Crippen molar-refractivity contribution < 1.29 is 14.3 Å². The Morgan fingerprint density at radius 1 is 1.42 bits per heavy atom. The fraction of sp³-hybridized carbons (Fsp3) is 0.250. The lowest BCUT2D eigenvalue weighted by Crippen LogP contribution is -2.26. The van der Waals surface area contributed by atoms with Gasteiger partial charge in [0, 0.05) is 11.9 Å². The van der Waals surface area contributed by atoms with Gasteiger partial charge in [-0.25, -0.2) is 4.98 Å². The van der Waals surface area contributed by atoms with Crippen LogP contribution in [0.2, 0.25) is 0 Å². The number of thiophene rings is 1. The highest BCUT2D eigenvalue weighted by Crippen LogP contribution is 2.27. The summed E-state index contributed by atoms with van der Waals surface area (Å²) in [6.45, 7) is 0.247. The van der Waals surface area contributed by atoms with Crippen LogP contribution in [0.25, 0.3) is 9.88 Å². The van der Waals surface area contributed by atoms with E-state index in [1.807, 2.05) is 17.5 Å². The Bertz CT molecular complexity index is 563. The van der Waals surface area contributed by atoms with Gasteiger partial charge in [-0.2, -0.15) is 0 Å². The summed E-state index contributed by atoms with van der Waals surface area (Å²) in [6.07, 6.45) is 0.157. The molecule has 0 aliphatic rings. The molecule has 7 heteroatoms. The van der Waals surface area contributed by atoms with Crippen LogP contribution < -0.4 is 5.32 Å². The first-order chi connectivity index (χ1) is 9.20. The van der Waals surface area contributed by atoms with E-state index in [-0.39, 0.29) is 24.8 Å². The minimum absolute atomic E-state index is 0.157. The van der Waals surface area contributed by atoms with E-state index in [1.54, 1.807) is 16.7 Å². The molecule has 2 aromatic rings. The standard InChI is InChI=1S/C12H12N2O3S2/c1-17-10(15)4-5-13-11(16)8-7-19-12(14-8)9-3-2-6-18-9/h2-3,6-7H,4-5H2,1H3,(H,13,16). The predicted molar refractivity (Wildman–Crippen MR) is 74.4 cm³/mol. The molecule has 0 saturated heterocycles. The molecule has 0 aromatic carbocycles. The molecule has 2 rings (SSSR count). The van der Waals surface area contributed by atoms with E-state index in [2.05, 4.69) is 15.0 Å². The molecule has 1 amide bonds. The molecule has 0 radical (unpaired) electrons.